The predicted octanol–water partition coefficient (Wildman–Crippen LogP) is 3.08. The van der Waals surface area contributed by atoms with Gasteiger partial charge < -0.3 is 15.4 Å². The topological polar surface area (TPSA) is 53.6 Å². The number of anilines is 1. The average Bonchev–Trinajstić information content (AvgIpc) is 2.70. The number of carbonyl (C=O) groups excluding carboxylic acids is 1. The van der Waals surface area contributed by atoms with Crippen LogP contribution in [0.4, 0.5) is 10.1 Å². The van der Waals surface area contributed by atoms with Crippen LogP contribution in [0.1, 0.15) is 23.6 Å². The zero-order valence-electron chi connectivity index (χ0n) is 16.5. The van der Waals surface area contributed by atoms with E-state index in [0.717, 1.165) is 32.8 Å². The minimum absolute atomic E-state index is 0.186. The molecule has 0 aliphatic carbocycles. The van der Waals surface area contributed by atoms with Crippen molar-refractivity contribution in [2.45, 2.75) is 33.0 Å². The van der Waals surface area contributed by atoms with E-state index in [-0.39, 0.29) is 11.7 Å². The second kappa shape index (κ2) is 9.78. The molecule has 1 fully saturated rings. The average molecular weight is 385 g/mol. The summed E-state index contributed by atoms with van der Waals surface area (Å²) >= 11 is 0. The highest BCUT2D eigenvalue weighted by Gasteiger charge is 2.16. The van der Waals surface area contributed by atoms with E-state index in [0.29, 0.717) is 17.8 Å². The Labute approximate surface area is 165 Å². The Kier molecular flexibility index (Phi) is 7.14. The van der Waals surface area contributed by atoms with Crippen LogP contribution in [0.3, 0.4) is 0 Å². The summed E-state index contributed by atoms with van der Waals surface area (Å²) in [7, 11) is 0. The molecule has 1 aliphatic rings. The normalized spacial score (nSPS) is 16.0. The van der Waals surface area contributed by atoms with E-state index in [2.05, 4.69) is 27.7 Å². The number of hydrogen-bond donors (Lipinski definition) is 2. The fourth-order valence-electron chi connectivity index (χ4n) is 3.16. The molecule has 3 rings (SSSR count). The molecule has 2 aromatic rings. The van der Waals surface area contributed by atoms with Crippen LogP contribution in [0.2, 0.25) is 0 Å². The van der Waals surface area contributed by atoms with Gasteiger partial charge in [-0.25, -0.2) is 4.39 Å². The van der Waals surface area contributed by atoms with E-state index in [1.165, 1.54) is 17.2 Å². The molecule has 1 saturated heterocycles. The first-order valence-electron chi connectivity index (χ1n) is 9.70. The molecule has 5 nitrogen and oxygen atoms in total. The minimum atomic E-state index is -0.402. The molecule has 1 unspecified atom stereocenters. The molecule has 1 heterocycles. The lowest BCUT2D eigenvalue weighted by Gasteiger charge is -2.27. The van der Waals surface area contributed by atoms with Gasteiger partial charge in [-0.1, -0.05) is 30.3 Å². The highest BCUT2D eigenvalue weighted by atomic mass is 19.1. The van der Waals surface area contributed by atoms with Crippen molar-refractivity contribution in [3.05, 3.63) is 65.0 Å². The SMILES string of the molecule is Cc1ccc(NC(=O)C(C)NCc2ccccc2CN2CCOCC2)cc1F. The van der Waals surface area contributed by atoms with Gasteiger partial charge in [0.2, 0.25) is 5.91 Å². The second-order valence-corrected chi connectivity index (χ2v) is 7.21. The van der Waals surface area contributed by atoms with E-state index in [9.17, 15) is 9.18 Å². The lowest BCUT2D eigenvalue weighted by molar-refractivity contribution is -0.117. The maximum absolute atomic E-state index is 13.7. The first-order valence-corrected chi connectivity index (χ1v) is 9.70. The third-order valence-corrected chi connectivity index (χ3v) is 5.05. The van der Waals surface area contributed by atoms with Gasteiger partial charge in [-0.3, -0.25) is 9.69 Å². The number of amides is 1. The quantitative estimate of drug-likeness (QED) is 0.769. The minimum Gasteiger partial charge on any atom is -0.379 e. The van der Waals surface area contributed by atoms with Gasteiger partial charge in [0.25, 0.3) is 0 Å². The van der Waals surface area contributed by atoms with Crippen LogP contribution in [0.5, 0.6) is 0 Å². The number of ether oxygens (including phenoxy) is 1. The van der Waals surface area contributed by atoms with Crippen LogP contribution in [-0.4, -0.2) is 43.2 Å². The third kappa shape index (κ3) is 5.61. The monoisotopic (exact) mass is 385 g/mol. The molecule has 1 amide bonds. The van der Waals surface area contributed by atoms with Crippen LogP contribution in [0, 0.1) is 12.7 Å². The smallest absolute Gasteiger partial charge is 0.241 e. The van der Waals surface area contributed by atoms with Crippen molar-refractivity contribution in [2.24, 2.45) is 0 Å². The molecule has 2 aromatic carbocycles. The molecule has 0 aromatic heterocycles. The van der Waals surface area contributed by atoms with Crippen LogP contribution in [0.25, 0.3) is 0 Å². The number of aryl methyl sites for hydroxylation is 1. The van der Waals surface area contributed by atoms with E-state index in [1.807, 2.05) is 19.1 Å². The van der Waals surface area contributed by atoms with Crippen molar-refractivity contribution >= 4 is 11.6 Å². The molecule has 0 saturated carbocycles. The van der Waals surface area contributed by atoms with Gasteiger partial charge in [0.1, 0.15) is 5.82 Å². The summed E-state index contributed by atoms with van der Waals surface area (Å²) in [4.78, 5) is 14.8. The van der Waals surface area contributed by atoms with E-state index < -0.39 is 6.04 Å². The fourth-order valence-corrected chi connectivity index (χ4v) is 3.16. The summed E-state index contributed by atoms with van der Waals surface area (Å²) in [6.45, 7) is 8.40. The first kappa shape index (κ1) is 20.5. The standard InChI is InChI=1S/C22H28FN3O2/c1-16-7-8-20(13-21(16)23)25-22(27)17(2)24-14-18-5-3-4-6-19(18)15-26-9-11-28-12-10-26/h3-8,13,17,24H,9-12,14-15H2,1-2H3,(H,25,27). The summed E-state index contributed by atoms with van der Waals surface area (Å²) in [6, 6.07) is 12.6. The Morgan fingerprint density at radius 2 is 1.89 bits per heavy atom. The van der Waals surface area contributed by atoms with Crippen molar-refractivity contribution in [1.82, 2.24) is 10.2 Å². The summed E-state index contributed by atoms with van der Waals surface area (Å²) in [6.07, 6.45) is 0. The molecular weight excluding hydrogens is 357 g/mol. The van der Waals surface area contributed by atoms with Gasteiger partial charge in [-0.15, -0.1) is 0 Å². The molecule has 150 valence electrons. The summed E-state index contributed by atoms with van der Waals surface area (Å²) < 4.78 is 19.1. The predicted molar refractivity (Wildman–Crippen MR) is 109 cm³/mol. The summed E-state index contributed by atoms with van der Waals surface area (Å²) in [5, 5.41) is 6.04. The number of nitrogens with zero attached hydrogens (tertiary/aromatic N) is 1. The zero-order chi connectivity index (χ0) is 19.9. The molecule has 6 heteroatoms. The van der Waals surface area contributed by atoms with E-state index in [1.54, 1.807) is 19.1 Å². The van der Waals surface area contributed by atoms with Gasteiger partial charge in [-0.2, -0.15) is 0 Å². The largest absolute Gasteiger partial charge is 0.379 e. The second-order valence-electron chi connectivity index (χ2n) is 7.21. The highest BCUT2D eigenvalue weighted by Crippen LogP contribution is 2.15. The fraction of sp³-hybridized carbons (Fsp3) is 0.409. The van der Waals surface area contributed by atoms with Gasteiger partial charge in [0.05, 0.1) is 19.3 Å². The highest BCUT2D eigenvalue weighted by molar-refractivity contribution is 5.94. The maximum Gasteiger partial charge on any atom is 0.241 e. The Morgan fingerprint density at radius 1 is 1.18 bits per heavy atom. The van der Waals surface area contributed by atoms with Crippen molar-refractivity contribution in [3.8, 4) is 0 Å². The molecule has 2 N–H and O–H groups in total. The van der Waals surface area contributed by atoms with Gasteiger partial charge >= 0.3 is 0 Å². The van der Waals surface area contributed by atoms with Crippen molar-refractivity contribution in [1.29, 1.82) is 0 Å². The maximum atomic E-state index is 13.7. The molecule has 28 heavy (non-hydrogen) atoms. The van der Waals surface area contributed by atoms with Gasteiger partial charge in [0.15, 0.2) is 0 Å². The summed E-state index contributed by atoms with van der Waals surface area (Å²) in [5.41, 5.74) is 3.45. The van der Waals surface area contributed by atoms with Gasteiger partial charge in [0, 0.05) is 31.9 Å². The Balaban J connectivity index is 1.55. The number of nitrogens with one attached hydrogen (secondary N) is 2. The number of halogens is 1. The Hall–Kier alpha value is -2.28. The Bertz CT molecular complexity index is 806. The number of hydrogen-bond acceptors (Lipinski definition) is 4. The first-order chi connectivity index (χ1) is 13.5. The molecule has 1 aliphatic heterocycles. The van der Waals surface area contributed by atoms with Crippen LogP contribution in [0.15, 0.2) is 42.5 Å². The van der Waals surface area contributed by atoms with E-state index >= 15 is 0 Å². The molecular formula is C22H28FN3O2. The Morgan fingerprint density at radius 3 is 2.61 bits per heavy atom. The lowest BCUT2D eigenvalue weighted by Crippen LogP contribution is -2.38. The van der Waals surface area contributed by atoms with Crippen molar-refractivity contribution < 1.29 is 13.9 Å². The van der Waals surface area contributed by atoms with Crippen LogP contribution in [-0.2, 0) is 22.6 Å². The number of morpholine rings is 1. The number of rotatable bonds is 7. The number of benzene rings is 2. The molecule has 0 bridgehead atoms. The van der Waals surface area contributed by atoms with Crippen molar-refractivity contribution in [3.63, 3.8) is 0 Å². The van der Waals surface area contributed by atoms with Crippen molar-refractivity contribution in [2.75, 3.05) is 31.6 Å². The van der Waals surface area contributed by atoms with Gasteiger partial charge in [-0.05, 0) is 42.7 Å². The lowest BCUT2D eigenvalue weighted by atomic mass is 10.1. The molecule has 0 spiro atoms. The van der Waals surface area contributed by atoms with E-state index in [4.69, 9.17) is 4.74 Å². The summed E-state index contributed by atoms with van der Waals surface area (Å²) in [5.74, 6) is -0.510. The number of carbonyl (C=O) groups is 1. The van der Waals surface area contributed by atoms with Crippen LogP contribution >= 0.6 is 0 Å². The van der Waals surface area contributed by atoms with Crippen LogP contribution < -0.4 is 10.6 Å². The molecule has 1 atom stereocenters. The third-order valence-electron chi connectivity index (χ3n) is 5.05. The zero-order valence-corrected chi connectivity index (χ0v) is 16.5. The molecule has 0 radical (unpaired) electrons.